The minimum Gasteiger partial charge on any atom is -0.356 e. The minimum atomic E-state index is -3.15. The molecule has 140 valence electrons. The summed E-state index contributed by atoms with van der Waals surface area (Å²) in [6.45, 7) is 1.42. The lowest BCUT2D eigenvalue weighted by atomic mass is 9.97. The summed E-state index contributed by atoms with van der Waals surface area (Å²) in [4.78, 5) is 12.3. The second-order valence-corrected chi connectivity index (χ2v) is 8.58. The van der Waals surface area contributed by atoms with Crippen LogP contribution in [-0.2, 0) is 21.2 Å². The minimum absolute atomic E-state index is 0.0197. The lowest BCUT2D eigenvalue weighted by molar-refractivity contribution is -0.126. The molecule has 2 aromatic rings. The van der Waals surface area contributed by atoms with Crippen molar-refractivity contribution in [2.45, 2.75) is 19.3 Å². The summed E-state index contributed by atoms with van der Waals surface area (Å²) in [5, 5.41) is 7.16. The van der Waals surface area contributed by atoms with Gasteiger partial charge in [0.1, 0.15) is 0 Å². The number of nitrogens with zero attached hydrogens (tertiary/aromatic N) is 3. The van der Waals surface area contributed by atoms with Crippen molar-refractivity contribution in [1.29, 1.82) is 0 Å². The van der Waals surface area contributed by atoms with Crippen LogP contribution in [0.1, 0.15) is 18.4 Å². The monoisotopic (exact) mass is 376 g/mol. The van der Waals surface area contributed by atoms with Gasteiger partial charge in [-0.2, -0.15) is 5.10 Å². The van der Waals surface area contributed by atoms with E-state index >= 15 is 0 Å². The number of carbonyl (C=O) groups excluding carboxylic acids is 1. The Balaban J connectivity index is 1.43. The second kappa shape index (κ2) is 8.01. The van der Waals surface area contributed by atoms with Gasteiger partial charge in [-0.3, -0.25) is 4.79 Å². The highest BCUT2D eigenvalue weighted by molar-refractivity contribution is 7.88. The van der Waals surface area contributed by atoms with Gasteiger partial charge in [0.05, 0.1) is 11.9 Å². The summed E-state index contributed by atoms with van der Waals surface area (Å²) in [5.41, 5.74) is 2.15. The quantitative estimate of drug-likeness (QED) is 0.821. The van der Waals surface area contributed by atoms with Gasteiger partial charge in [-0.15, -0.1) is 0 Å². The van der Waals surface area contributed by atoms with Crippen molar-refractivity contribution in [3.63, 3.8) is 0 Å². The maximum atomic E-state index is 12.3. The normalized spacial score (nSPS) is 16.5. The van der Waals surface area contributed by atoms with Crippen molar-refractivity contribution in [3.8, 4) is 5.69 Å². The Labute approximate surface area is 154 Å². The van der Waals surface area contributed by atoms with Crippen molar-refractivity contribution in [2.24, 2.45) is 5.92 Å². The zero-order chi connectivity index (χ0) is 18.6. The van der Waals surface area contributed by atoms with E-state index in [2.05, 4.69) is 10.4 Å². The van der Waals surface area contributed by atoms with E-state index in [1.807, 2.05) is 36.5 Å². The van der Waals surface area contributed by atoms with Crippen LogP contribution < -0.4 is 5.32 Å². The summed E-state index contributed by atoms with van der Waals surface area (Å²) in [6, 6.07) is 9.96. The number of piperidine rings is 1. The van der Waals surface area contributed by atoms with Crippen LogP contribution in [0.15, 0.2) is 42.7 Å². The van der Waals surface area contributed by atoms with Gasteiger partial charge in [-0.1, -0.05) is 12.1 Å². The molecule has 1 aliphatic heterocycles. The van der Waals surface area contributed by atoms with Crippen molar-refractivity contribution >= 4 is 15.9 Å². The predicted molar refractivity (Wildman–Crippen MR) is 99.4 cm³/mol. The van der Waals surface area contributed by atoms with E-state index in [0.29, 0.717) is 32.5 Å². The number of hydrogen-bond acceptors (Lipinski definition) is 4. The first kappa shape index (κ1) is 18.6. The molecule has 7 nitrogen and oxygen atoms in total. The zero-order valence-electron chi connectivity index (χ0n) is 14.8. The molecule has 1 N–H and O–H groups in total. The first-order valence-electron chi connectivity index (χ1n) is 8.75. The van der Waals surface area contributed by atoms with E-state index in [4.69, 9.17) is 0 Å². The SMILES string of the molecule is CS(=O)(=O)N1CCC(C(=O)NCCc2ccc(-n3cccn3)cc2)CC1. The summed E-state index contributed by atoms with van der Waals surface area (Å²) in [6.07, 6.45) is 6.77. The van der Waals surface area contributed by atoms with E-state index in [0.717, 1.165) is 17.7 Å². The molecule has 1 amide bonds. The molecule has 0 spiro atoms. The standard InChI is InChI=1S/C18H24N4O3S/c1-26(24,25)21-13-8-16(9-14-21)18(23)19-11-7-15-3-5-17(6-4-15)22-12-2-10-20-22/h2-6,10,12,16H,7-9,11,13-14H2,1H3,(H,19,23). The van der Waals surface area contributed by atoms with Crippen molar-refractivity contribution in [1.82, 2.24) is 19.4 Å². The van der Waals surface area contributed by atoms with Gasteiger partial charge < -0.3 is 5.32 Å². The third kappa shape index (κ3) is 4.70. The van der Waals surface area contributed by atoms with Crippen LogP contribution in [0.3, 0.4) is 0 Å². The van der Waals surface area contributed by atoms with E-state index in [-0.39, 0.29) is 11.8 Å². The van der Waals surface area contributed by atoms with Crippen LogP contribution in [0, 0.1) is 5.92 Å². The van der Waals surface area contributed by atoms with Crippen molar-refractivity contribution in [3.05, 3.63) is 48.3 Å². The summed E-state index contributed by atoms with van der Waals surface area (Å²) >= 11 is 0. The molecular weight excluding hydrogens is 352 g/mol. The highest BCUT2D eigenvalue weighted by Crippen LogP contribution is 2.19. The highest BCUT2D eigenvalue weighted by Gasteiger charge is 2.28. The van der Waals surface area contributed by atoms with Gasteiger partial charge in [-0.25, -0.2) is 17.4 Å². The summed E-state index contributed by atoms with van der Waals surface area (Å²) in [7, 11) is -3.15. The largest absolute Gasteiger partial charge is 0.356 e. The van der Waals surface area contributed by atoms with E-state index < -0.39 is 10.0 Å². The maximum Gasteiger partial charge on any atom is 0.223 e. The third-order valence-electron chi connectivity index (χ3n) is 4.71. The third-order valence-corrected chi connectivity index (χ3v) is 6.02. The Morgan fingerprint density at radius 2 is 1.92 bits per heavy atom. The molecule has 1 aromatic carbocycles. The fourth-order valence-electron chi connectivity index (χ4n) is 3.16. The van der Waals surface area contributed by atoms with Crippen LogP contribution >= 0.6 is 0 Å². The zero-order valence-corrected chi connectivity index (χ0v) is 15.7. The number of rotatable bonds is 6. The lowest BCUT2D eigenvalue weighted by Gasteiger charge is -2.29. The highest BCUT2D eigenvalue weighted by atomic mass is 32.2. The fourth-order valence-corrected chi connectivity index (χ4v) is 4.04. The molecular formula is C18H24N4O3S. The van der Waals surface area contributed by atoms with E-state index in [9.17, 15) is 13.2 Å². The van der Waals surface area contributed by atoms with Crippen LogP contribution in [0.2, 0.25) is 0 Å². The van der Waals surface area contributed by atoms with Gasteiger partial charge in [0.15, 0.2) is 0 Å². The number of amides is 1. The Hall–Kier alpha value is -2.19. The Bertz CT molecular complexity index is 824. The molecule has 0 bridgehead atoms. The lowest BCUT2D eigenvalue weighted by Crippen LogP contribution is -2.42. The topological polar surface area (TPSA) is 84.3 Å². The molecule has 26 heavy (non-hydrogen) atoms. The number of nitrogens with one attached hydrogen (secondary N) is 1. The van der Waals surface area contributed by atoms with Crippen LogP contribution in [0.5, 0.6) is 0 Å². The molecule has 1 aromatic heterocycles. The average Bonchev–Trinajstić information content (AvgIpc) is 3.16. The number of benzene rings is 1. The molecule has 3 rings (SSSR count). The maximum absolute atomic E-state index is 12.3. The van der Waals surface area contributed by atoms with E-state index in [1.54, 1.807) is 10.9 Å². The molecule has 0 unspecified atom stereocenters. The molecule has 0 saturated carbocycles. The number of hydrogen-bond donors (Lipinski definition) is 1. The number of sulfonamides is 1. The Morgan fingerprint density at radius 1 is 1.23 bits per heavy atom. The molecule has 0 radical (unpaired) electrons. The van der Waals surface area contributed by atoms with Crippen molar-refractivity contribution in [2.75, 3.05) is 25.9 Å². The Kier molecular flexibility index (Phi) is 5.73. The van der Waals surface area contributed by atoms with Gasteiger partial charge >= 0.3 is 0 Å². The fraction of sp³-hybridized carbons (Fsp3) is 0.444. The van der Waals surface area contributed by atoms with Gasteiger partial charge in [-0.05, 0) is 43.0 Å². The Morgan fingerprint density at radius 3 is 2.50 bits per heavy atom. The van der Waals surface area contributed by atoms with Crippen LogP contribution in [0.4, 0.5) is 0 Å². The molecule has 1 aliphatic rings. The summed E-state index contributed by atoms with van der Waals surface area (Å²) < 4.78 is 26.3. The molecule has 8 heteroatoms. The van der Waals surface area contributed by atoms with Crippen molar-refractivity contribution < 1.29 is 13.2 Å². The van der Waals surface area contributed by atoms with Crippen LogP contribution in [0.25, 0.3) is 5.69 Å². The van der Waals surface area contributed by atoms with Gasteiger partial charge in [0.2, 0.25) is 15.9 Å². The number of aromatic nitrogens is 2. The first-order valence-corrected chi connectivity index (χ1v) is 10.6. The van der Waals surface area contributed by atoms with E-state index in [1.165, 1.54) is 10.6 Å². The number of carbonyl (C=O) groups is 1. The van der Waals surface area contributed by atoms with Gasteiger partial charge in [0, 0.05) is 37.9 Å². The summed E-state index contributed by atoms with van der Waals surface area (Å²) in [5.74, 6) is -0.0819. The molecule has 1 fully saturated rings. The smallest absolute Gasteiger partial charge is 0.223 e. The van der Waals surface area contributed by atoms with Crippen LogP contribution in [-0.4, -0.2) is 54.3 Å². The second-order valence-electron chi connectivity index (χ2n) is 6.59. The molecule has 0 aliphatic carbocycles. The van der Waals surface area contributed by atoms with Gasteiger partial charge in [0.25, 0.3) is 0 Å². The predicted octanol–water partition coefficient (Wildman–Crippen LogP) is 1.20. The molecule has 0 atom stereocenters. The first-order chi connectivity index (χ1) is 12.4. The molecule has 1 saturated heterocycles. The molecule has 2 heterocycles. The average molecular weight is 376 g/mol.